The highest BCUT2D eigenvalue weighted by molar-refractivity contribution is 4.48. The van der Waals surface area contributed by atoms with Crippen LogP contribution >= 0.6 is 0 Å². The predicted molar refractivity (Wildman–Crippen MR) is 104 cm³/mol. The first-order valence-electron chi connectivity index (χ1n) is 10.3. The largest absolute Gasteiger partial charge is 0.445 e. The monoisotopic (exact) mass is 332 g/mol. The van der Waals surface area contributed by atoms with Gasteiger partial charge in [-0.2, -0.15) is 0 Å². The van der Waals surface area contributed by atoms with E-state index in [0.29, 0.717) is 6.61 Å². The molecule has 3 nitrogen and oxygen atoms in total. The number of nitrogens with one attached hydrogen (secondary N) is 1. The van der Waals surface area contributed by atoms with Crippen molar-refractivity contribution in [3.63, 3.8) is 0 Å². The van der Waals surface area contributed by atoms with Gasteiger partial charge in [0, 0.05) is 13.0 Å². The summed E-state index contributed by atoms with van der Waals surface area (Å²) < 4.78 is 0. The van der Waals surface area contributed by atoms with Crippen LogP contribution < -0.4 is 5.32 Å². The number of aliphatic hydroxyl groups excluding tert-OH is 1. The van der Waals surface area contributed by atoms with Gasteiger partial charge in [-0.15, -0.1) is 0 Å². The van der Waals surface area contributed by atoms with E-state index in [1.165, 1.54) is 83.5 Å². The molecule has 0 rings (SSSR count). The summed E-state index contributed by atoms with van der Waals surface area (Å²) in [5.41, 5.74) is 0. The minimum atomic E-state index is 0.244. The van der Waals surface area contributed by atoms with Crippen LogP contribution in [0, 0.1) is 0 Å². The van der Waals surface area contributed by atoms with Gasteiger partial charge in [0.25, 0.3) is 0 Å². The van der Waals surface area contributed by atoms with Crippen LogP contribution in [0.5, 0.6) is 0 Å². The van der Waals surface area contributed by atoms with E-state index >= 15 is 0 Å². The van der Waals surface area contributed by atoms with Crippen molar-refractivity contribution in [1.29, 1.82) is 0 Å². The minimum absolute atomic E-state index is 0.244. The average molecular weight is 333 g/mol. The van der Waals surface area contributed by atoms with Crippen molar-refractivity contribution in [3.05, 3.63) is 0 Å². The van der Waals surface area contributed by atoms with E-state index in [9.17, 15) is 0 Å². The molecule has 0 bridgehead atoms. The molecule has 0 radical (unpaired) electrons. The highest BCUT2D eigenvalue weighted by Crippen LogP contribution is 2.12. The molecular weight excluding hydrogens is 286 g/mol. The Labute approximate surface area is 146 Å². The van der Waals surface area contributed by atoms with Gasteiger partial charge in [-0.3, -0.25) is 0 Å². The maximum absolute atomic E-state index is 8.13. The summed E-state index contributed by atoms with van der Waals surface area (Å²) in [6.45, 7) is 6.82. The molecule has 0 atom stereocenters. The third-order valence-corrected chi connectivity index (χ3v) is 4.07. The van der Waals surface area contributed by atoms with Crippen molar-refractivity contribution >= 4 is 0 Å². The molecule has 0 aliphatic heterocycles. The molecule has 0 fully saturated rings. The van der Waals surface area contributed by atoms with Crippen molar-refractivity contribution in [2.75, 3.05) is 26.3 Å². The Kier molecular flexibility index (Phi) is 29.2. The van der Waals surface area contributed by atoms with Crippen molar-refractivity contribution < 1.29 is 10.2 Å². The maximum Gasteiger partial charge on any atom is 0.143 e. The van der Waals surface area contributed by atoms with E-state index in [1.807, 2.05) is 6.92 Å². The van der Waals surface area contributed by atoms with Crippen molar-refractivity contribution in [3.8, 4) is 0 Å². The summed E-state index contributed by atoms with van der Waals surface area (Å²) in [6, 6.07) is 0. The molecule has 0 saturated heterocycles. The Balaban J connectivity index is 0. The lowest BCUT2D eigenvalue weighted by Crippen LogP contribution is -2.16. The predicted octanol–water partition coefficient (Wildman–Crippen LogP) is 4.78. The first-order valence-corrected chi connectivity index (χ1v) is 10.3. The van der Waals surface area contributed by atoms with Crippen LogP contribution in [0.25, 0.3) is 0 Å². The van der Waals surface area contributed by atoms with Crippen LogP contribution in [-0.2, 0) is 0 Å². The molecule has 0 unspecified atom stereocenters. The molecule has 4 N–H and O–H groups in total. The average Bonchev–Trinajstić information content (AvgIpc) is 2.58. The number of aliphatic hydroxyl groups is 1. The van der Waals surface area contributed by atoms with E-state index < -0.39 is 0 Å². The molecule has 0 spiro atoms. The van der Waals surface area contributed by atoms with Crippen LogP contribution in [0.2, 0.25) is 0 Å². The summed E-state index contributed by atoms with van der Waals surface area (Å²) in [6.07, 6.45) is 19.5. The molecule has 0 aromatic rings. The van der Waals surface area contributed by atoms with E-state index in [1.54, 1.807) is 0 Å². The number of rotatable bonds is 17. The number of hydrogen-bond donors (Lipinski definition) is 2. The first kappa shape index (κ1) is 25.1. The quantitative estimate of drug-likeness (QED) is 0.297. The van der Waals surface area contributed by atoms with Gasteiger partial charge in [-0.25, -0.2) is 0 Å². The van der Waals surface area contributed by atoms with Gasteiger partial charge in [0.1, 0.15) is 6.61 Å². The lowest BCUT2D eigenvalue weighted by Gasteiger charge is -2.02. The van der Waals surface area contributed by atoms with Gasteiger partial charge < -0.3 is 15.5 Å². The summed E-state index contributed by atoms with van der Waals surface area (Å²) in [7, 11) is 0. The van der Waals surface area contributed by atoms with E-state index in [2.05, 4.69) is 12.2 Å². The highest BCUT2D eigenvalue weighted by Gasteiger charge is 1.93. The van der Waals surface area contributed by atoms with Crippen molar-refractivity contribution in [2.45, 2.75) is 104 Å². The fourth-order valence-electron chi connectivity index (χ4n) is 2.58. The first-order chi connectivity index (χ1) is 11.3. The SMILES string of the molecule is CCCCCCCCCCCCCCCC[OH2+].CCNCCO. The standard InChI is InChI=1S/C16H34O.C4H11NO/c1-2-3-4-5-6-7-8-9-10-11-12-13-14-15-16-17;1-2-5-3-4-6/h17H,2-16H2,1H3;5-6H,2-4H2,1H3/p+1. The minimum Gasteiger partial charge on any atom is -0.445 e. The van der Waals surface area contributed by atoms with E-state index in [4.69, 9.17) is 10.2 Å². The Morgan fingerprint density at radius 2 is 1.04 bits per heavy atom. The number of unbranched alkanes of at least 4 members (excludes halogenated alkanes) is 13. The van der Waals surface area contributed by atoms with Crippen LogP contribution in [-0.4, -0.2) is 36.5 Å². The molecule has 0 heterocycles. The lowest BCUT2D eigenvalue weighted by atomic mass is 10.0. The van der Waals surface area contributed by atoms with E-state index in [-0.39, 0.29) is 6.61 Å². The molecule has 3 heteroatoms. The zero-order valence-electron chi connectivity index (χ0n) is 16.2. The Bertz CT molecular complexity index is 159. The van der Waals surface area contributed by atoms with Gasteiger partial charge in [-0.05, 0) is 13.0 Å². The van der Waals surface area contributed by atoms with Crippen LogP contribution in [0.15, 0.2) is 0 Å². The molecule has 0 saturated carbocycles. The Hall–Kier alpha value is -0.120. The zero-order chi connectivity index (χ0) is 17.4. The molecule has 0 aliphatic rings. The lowest BCUT2D eigenvalue weighted by molar-refractivity contribution is 0.282. The van der Waals surface area contributed by atoms with Crippen molar-refractivity contribution in [1.82, 2.24) is 5.32 Å². The van der Waals surface area contributed by atoms with Gasteiger partial charge in [-0.1, -0.05) is 90.9 Å². The summed E-state index contributed by atoms with van der Waals surface area (Å²) >= 11 is 0. The highest BCUT2D eigenvalue weighted by atomic mass is 16.3. The second-order valence-corrected chi connectivity index (χ2v) is 6.42. The summed E-state index contributed by atoms with van der Waals surface area (Å²) in [4.78, 5) is 0. The summed E-state index contributed by atoms with van der Waals surface area (Å²) in [5, 5.41) is 18.1. The number of likely N-dealkylation sites (N-methyl/N-ethyl adjacent to an activating group) is 1. The van der Waals surface area contributed by atoms with Gasteiger partial charge in [0.05, 0.1) is 6.61 Å². The summed E-state index contributed by atoms with van der Waals surface area (Å²) in [5.74, 6) is 0. The third-order valence-electron chi connectivity index (χ3n) is 4.07. The topological polar surface area (TPSA) is 55.2 Å². The fraction of sp³-hybridized carbons (Fsp3) is 1.00. The van der Waals surface area contributed by atoms with Gasteiger partial charge in [0.2, 0.25) is 0 Å². The number of hydrogen-bond acceptors (Lipinski definition) is 2. The molecule has 0 aromatic heterocycles. The smallest absolute Gasteiger partial charge is 0.143 e. The fourth-order valence-corrected chi connectivity index (χ4v) is 2.58. The molecule has 0 aliphatic carbocycles. The van der Waals surface area contributed by atoms with Crippen LogP contribution in [0.3, 0.4) is 0 Å². The Morgan fingerprint density at radius 1 is 0.652 bits per heavy atom. The van der Waals surface area contributed by atoms with E-state index in [0.717, 1.165) is 19.5 Å². The zero-order valence-corrected chi connectivity index (χ0v) is 16.2. The Morgan fingerprint density at radius 3 is 1.30 bits per heavy atom. The van der Waals surface area contributed by atoms with Gasteiger partial charge in [0.15, 0.2) is 0 Å². The van der Waals surface area contributed by atoms with Crippen LogP contribution in [0.1, 0.15) is 104 Å². The molecule has 142 valence electrons. The van der Waals surface area contributed by atoms with Crippen molar-refractivity contribution in [2.24, 2.45) is 0 Å². The normalized spacial score (nSPS) is 10.4. The molecular formula is C20H46NO2+. The molecule has 0 amide bonds. The second kappa shape index (κ2) is 26.8. The van der Waals surface area contributed by atoms with Gasteiger partial charge >= 0.3 is 0 Å². The maximum atomic E-state index is 8.13. The second-order valence-electron chi connectivity index (χ2n) is 6.42. The van der Waals surface area contributed by atoms with Crippen LogP contribution in [0.4, 0.5) is 0 Å². The molecule has 23 heavy (non-hydrogen) atoms. The molecule has 0 aromatic carbocycles. The third kappa shape index (κ3) is 30.3.